The summed E-state index contributed by atoms with van der Waals surface area (Å²) in [6.45, 7) is -0.163. The van der Waals surface area contributed by atoms with Crippen molar-refractivity contribution < 1.29 is 14.1 Å². The van der Waals surface area contributed by atoms with Crippen molar-refractivity contribution >= 4 is 34.1 Å². The summed E-state index contributed by atoms with van der Waals surface area (Å²) in [5.74, 6) is -0.610. The van der Waals surface area contributed by atoms with Gasteiger partial charge in [0.05, 0.1) is 16.0 Å². The number of nitrogens with one attached hydrogen (secondary N) is 1. The van der Waals surface area contributed by atoms with E-state index in [0.717, 1.165) is 22.0 Å². The summed E-state index contributed by atoms with van der Waals surface area (Å²) in [6, 6.07) is 16.8. The Hall–Kier alpha value is -3.09. The Bertz CT molecular complexity index is 1220. The quantitative estimate of drug-likeness (QED) is 0.250. The SMILES string of the molecule is O=[N+]([O-])C[C@H](c1cc(Cl)c(OCc2ccc(F)cc2)c(Cl)c1)c1c[nH]c2ccccc12. The topological polar surface area (TPSA) is 68.2 Å². The van der Waals surface area contributed by atoms with Gasteiger partial charge in [-0.05, 0) is 47.0 Å². The van der Waals surface area contributed by atoms with Gasteiger partial charge in [0.2, 0.25) is 6.54 Å². The highest BCUT2D eigenvalue weighted by molar-refractivity contribution is 6.37. The van der Waals surface area contributed by atoms with Gasteiger partial charge in [-0.25, -0.2) is 4.39 Å². The fourth-order valence-electron chi connectivity index (χ4n) is 3.57. The van der Waals surface area contributed by atoms with Crippen LogP contribution in [0.4, 0.5) is 4.39 Å². The summed E-state index contributed by atoms with van der Waals surface area (Å²) in [4.78, 5) is 14.2. The Labute approximate surface area is 187 Å². The van der Waals surface area contributed by atoms with Gasteiger partial charge in [0.1, 0.15) is 12.4 Å². The molecule has 1 aromatic heterocycles. The Morgan fingerprint density at radius 2 is 1.74 bits per heavy atom. The van der Waals surface area contributed by atoms with E-state index >= 15 is 0 Å². The van der Waals surface area contributed by atoms with E-state index in [4.69, 9.17) is 27.9 Å². The largest absolute Gasteiger partial charge is 0.486 e. The molecule has 4 rings (SSSR count). The van der Waals surface area contributed by atoms with Crippen LogP contribution in [-0.4, -0.2) is 16.5 Å². The lowest BCUT2D eigenvalue weighted by molar-refractivity contribution is -0.481. The predicted molar refractivity (Wildman–Crippen MR) is 119 cm³/mol. The number of rotatable bonds is 7. The highest BCUT2D eigenvalue weighted by Crippen LogP contribution is 2.39. The molecule has 0 aliphatic rings. The van der Waals surface area contributed by atoms with Crippen molar-refractivity contribution in [1.82, 2.24) is 4.98 Å². The number of hydrogen-bond acceptors (Lipinski definition) is 3. The first kappa shape index (κ1) is 21.2. The molecule has 3 aromatic carbocycles. The summed E-state index contributed by atoms with van der Waals surface area (Å²) in [5, 5.41) is 12.8. The van der Waals surface area contributed by atoms with Gasteiger partial charge < -0.3 is 9.72 Å². The van der Waals surface area contributed by atoms with Crippen LogP contribution in [0.1, 0.15) is 22.6 Å². The van der Waals surface area contributed by atoms with Crippen molar-refractivity contribution in [2.45, 2.75) is 12.5 Å². The van der Waals surface area contributed by atoms with Crippen LogP contribution in [-0.2, 0) is 6.61 Å². The highest BCUT2D eigenvalue weighted by atomic mass is 35.5. The number of halogens is 3. The van der Waals surface area contributed by atoms with Crippen LogP contribution >= 0.6 is 23.2 Å². The normalized spacial score (nSPS) is 12.1. The van der Waals surface area contributed by atoms with Crippen molar-refractivity contribution in [3.05, 3.63) is 110 Å². The Kier molecular flexibility index (Phi) is 6.11. The van der Waals surface area contributed by atoms with E-state index in [-0.39, 0.29) is 39.7 Å². The van der Waals surface area contributed by atoms with Gasteiger partial charge in [-0.2, -0.15) is 0 Å². The maximum Gasteiger partial charge on any atom is 0.214 e. The average Bonchev–Trinajstić information content (AvgIpc) is 3.16. The molecule has 0 bridgehead atoms. The van der Waals surface area contributed by atoms with E-state index in [1.165, 1.54) is 12.1 Å². The number of H-pyrrole nitrogens is 1. The summed E-state index contributed by atoms with van der Waals surface area (Å²) in [7, 11) is 0. The van der Waals surface area contributed by atoms with Crippen LogP contribution in [0.5, 0.6) is 5.75 Å². The van der Waals surface area contributed by atoms with Crippen LogP contribution in [0.3, 0.4) is 0 Å². The number of nitro groups is 1. The summed E-state index contributed by atoms with van der Waals surface area (Å²) < 4.78 is 18.8. The minimum atomic E-state index is -0.549. The number of fused-ring (bicyclic) bond motifs is 1. The van der Waals surface area contributed by atoms with Crippen LogP contribution in [0.2, 0.25) is 10.0 Å². The average molecular weight is 459 g/mol. The zero-order chi connectivity index (χ0) is 22.0. The third-order valence-electron chi connectivity index (χ3n) is 5.05. The number of para-hydroxylation sites is 1. The monoisotopic (exact) mass is 458 g/mol. The maximum atomic E-state index is 13.1. The van der Waals surface area contributed by atoms with Gasteiger partial charge in [-0.3, -0.25) is 10.1 Å². The second-order valence-corrected chi connectivity index (χ2v) is 7.90. The zero-order valence-corrected chi connectivity index (χ0v) is 17.7. The number of aromatic amines is 1. The second kappa shape index (κ2) is 8.96. The molecule has 0 aliphatic carbocycles. The number of aromatic nitrogens is 1. The molecule has 0 aliphatic heterocycles. The molecular formula is C23H17Cl2FN2O3. The highest BCUT2D eigenvalue weighted by Gasteiger charge is 2.25. The smallest absolute Gasteiger partial charge is 0.214 e. The summed E-state index contributed by atoms with van der Waals surface area (Å²) in [6.07, 6.45) is 1.78. The van der Waals surface area contributed by atoms with E-state index < -0.39 is 5.92 Å². The van der Waals surface area contributed by atoms with Gasteiger partial charge >= 0.3 is 0 Å². The molecule has 0 unspecified atom stereocenters. The number of ether oxygens (including phenoxy) is 1. The maximum absolute atomic E-state index is 13.1. The molecule has 4 aromatic rings. The minimum absolute atomic E-state index is 0.153. The number of benzene rings is 3. The second-order valence-electron chi connectivity index (χ2n) is 7.09. The fraction of sp³-hybridized carbons (Fsp3) is 0.130. The standard InChI is InChI=1S/C23H17Cl2FN2O3/c24-20-9-15(10-21(25)23(20)31-13-14-5-7-16(26)8-6-14)19(12-28(29)30)18-11-27-22-4-2-1-3-17(18)22/h1-11,19,27H,12-13H2/t19-/m1/s1. The Balaban J connectivity index is 1.66. The lowest BCUT2D eigenvalue weighted by Crippen LogP contribution is -2.14. The van der Waals surface area contributed by atoms with E-state index in [1.807, 2.05) is 24.3 Å². The van der Waals surface area contributed by atoms with Crippen molar-refractivity contribution in [2.24, 2.45) is 0 Å². The first-order valence-electron chi connectivity index (χ1n) is 9.46. The number of nitrogens with zero attached hydrogens (tertiary/aromatic N) is 1. The lowest BCUT2D eigenvalue weighted by Gasteiger charge is -2.17. The molecule has 158 valence electrons. The molecule has 5 nitrogen and oxygen atoms in total. The van der Waals surface area contributed by atoms with E-state index in [2.05, 4.69) is 4.98 Å². The van der Waals surface area contributed by atoms with Gasteiger partial charge in [-0.15, -0.1) is 0 Å². The molecule has 0 amide bonds. The first-order chi connectivity index (χ1) is 14.9. The van der Waals surface area contributed by atoms with E-state index in [9.17, 15) is 14.5 Å². The molecule has 31 heavy (non-hydrogen) atoms. The summed E-state index contributed by atoms with van der Waals surface area (Å²) >= 11 is 12.9. The van der Waals surface area contributed by atoms with Crippen molar-refractivity contribution in [1.29, 1.82) is 0 Å². The fourth-order valence-corrected chi connectivity index (χ4v) is 4.18. The van der Waals surface area contributed by atoms with Gasteiger partial charge in [0.25, 0.3) is 0 Å². The molecule has 0 radical (unpaired) electrons. The molecule has 0 saturated heterocycles. The molecule has 0 spiro atoms. The first-order valence-corrected chi connectivity index (χ1v) is 10.2. The number of hydrogen-bond donors (Lipinski definition) is 1. The third-order valence-corrected chi connectivity index (χ3v) is 5.61. The molecule has 1 heterocycles. The van der Waals surface area contributed by atoms with Crippen LogP contribution in [0.25, 0.3) is 10.9 Å². The van der Waals surface area contributed by atoms with Crippen LogP contribution in [0.15, 0.2) is 66.9 Å². The summed E-state index contributed by atoms with van der Waals surface area (Å²) in [5.41, 5.74) is 3.05. The zero-order valence-electron chi connectivity index (χ0n) is 16.1. The molecule has 8 heteroatoms. The molecule has 1 atom stereocenters. The Morgan fingerprint density at radius 1 is 1.06 bits per heavy atom. The van der Waals surface area contributed by atoms with Crippen molar-refractivity contribution in [3.63, 3.8) is 0 Å². The molecular weight excluding hydrogens is 442 g/mol. The van der Waals surface area contributed by atoms with E-state index in [0.29, 0.717) is 5.56 Å². The minimum Gasteiger partial charge on any atom is -0.486 e. The van der Waals surface area contributed by atoms with Crippen molar-refractivity contribution in [3.8, 4) is 5.75 Å². The van der Waals surface area contributed by atoms with Gasteiger partial charge in [-0.1, -0.05) is 53.5 Å². The Morgan fingerprint density at radius 3 is 2.42 bits per heavy atom. The third kappa shape index (κ3) is 4.65. The van der Waals surface area contributed by atoms with Crippen LogP contribution < -0.4 is 4.74 Å². The van der Waals surface area contributed by atoms with Gasteiger partial charge in [0, 0.05) is 22.0 Å². The van der Waals surface area contributed by atoms with Crippen LogP contribution in [0, 0.1) is 15.9 Å². The lowest BCUT2D eigenvalue weighted by atomic mass is 9.91. The molecule has 0 saturated carbocycles. The van der Waals surface area contributed by atoms with E-state index in [1.54, 1.807) is 30.5 Å². The molecule has 0 fully saturated rings. The molecule has 1 N–H and O–H groups in total. The predicted octanol–water partition coefficient (Wildman–Crippen LogP) is 6.60. The van der Waals surface area contributed by atoms with Gasteiger partial charge in [0.15, 0.2) is 5.75 Å². The van der Waals surface area contributed by atoms with Crippen molar-refractivity contribution in [2.75, 3.05) is 6.54 Å².